The van der Waals surface area contributed by atoms with E-state index in [1.165, 1.54) is 4.88 Å². The maximum absolute atomic E-state index is 11.9. The van der Waals surface area contributed by atoms with Gasteiger partial charge in [0, 0.05) is 30.4 Å². The van der Waals surface area contributed by atoms with Gasteiger partial charge in [-0.25, -0.2) is 9.97 Å². The van der Waals surface area contributed by atoms with Crippen LogP contribution in [0.5, 0.6) is 0 Å². The number of hydrogen-bond donors (Lipinski definition) is 2. The van der Waals surface area contributed by atoms with Gasteiger partial charge in [0.15, 0.2) is 0 Å². The van der Waals surface area contributed by atoms with E-state index in [2.05, 4.69) is 31.7 Å². The van der Waals surface area contributed by atoms with E-state index in [0.29, 0.717) is 18.7 Å². The predicted molar refractivity (Wildman–Crippen MR) is 87.2 cm³/mol. The highest BCUT2D eigenvalue weighted by Crippen LogP contribution is 2.27. The summed E-state index contributed by atoms with van der Waals surface area (Å²) in [5.41, 5.74) is 0.556. The van der Waals surface area contributed by atoms with Crippen LogP contribution in [0, 0.1) is 6.92 Å². The zero-order chi connectivity index (χ0) is 15.4. The predicted octanol–water partition coefficient (Wildman–Crippen LogP) is 2.24. The Kier molecular flexibility index (Phi) is 4.24. The van der Waals surface area contributed by atoms with Crippen molar-refractivity contribution in [2.75, 3.05) is 18.4 Å². The number of pyridine rings is 1. The van der Waals surface area contributed by atoms with Crippen LogP contribution in [0.15, 0.2) is 36.9 Å². The minimum absolute atomic E-state index is 0.130. The highest BCUT2D eigenvalue weighted by Gasteiger charge is 2.07. The Bertz CT molecular complexity index is 787. The number of fused-ring (bicyclic) bond motifs is 1. The zero-order valence-corrected chi connectivity index (χ0v) is 12.9. The molecule has 22 heavy (non-hydrogen) atoms. The molecular formula is C15H15N5OS. The summed E-state index contributed by atoms with van der Waals surface area (Å²) >= 11 is 1.64. The highest BCUT2D eigenvalue weighted by molar-refractivity contribution is 7.18. The quantitative estimate of drug-likeness (QED) is 0.706. The molecule has 1 amide bonds. The Morgan fingerprint density at radius 2 is 2.23 bits per heavy atom. The molecule has 0 fully saturated rings. The molecule has 3 aromatic rings. The molecule has 0 saturated heterocycles. The molecule has 0 atom stereocenters. The molecule has 3 aromatic heterocycles. The lowest BCUT2D eigenvalue weighted by Gasteiger charge is -2.07. The van der Waals surface area contributed by atoms with Crippen molar-refractivity contribution in [3.63, 3.8) is 0 Å². The lowest BCUT2D eigenvalue weighted by molar-refractivity contribution is 0.0955. The molecule has 0 spiro atoms. The number of carbonyl (C=O) groups is 1. The summed E-state index contributed by atoms with van der Waals surface area (Å²) in [5, 5.41) is 7.09. The van der Waals surface area contributed by atoms with Crippen LogP contribution < -0.4 is 10.6 Å². The van der Waals surface area contributed by atoms with Gasteiger partial charge in [-0.1, -0.05) is 0 Å². The minimum atomic E-state index is -0.130. The number of thiophene rings is 1. The molecular weight excluding hydrogens is 298 g/mol. The molecule has 0 unspecified atom stereocenters. The summed E-state index contributed by atoms with van der Waals surface area (Å²) in [6.07, 6.45) is 4.74. The fraction of sp³-hybridized carbons (Fsp3) is 0.200. The van der Waals surface area contributed by atoms with E-state index in [1.807, 2.05) is 6.92 Å². The number of aryl methyl sites for hydroxylation is 1. The second kappa shape index (κ2) is 6.48. The van der Waals surface area contributed by atoms with Crippen molar-refractivity contribution >= 4 is 33.3 Å². The molecule has 3 heterocycles. The number of amides is 1. The van der Waals surface area contributed by atoms with Crippen molar-refractivity contribution in [2.45, 2.75) is 6.92 Å². The van der Waals surface area contributed by atoms with Crippen molar-refractivity contribution < 1.29 is 4.79 Å². The Morgan fingerprint density at radius 1 is 1.32 bits per heavy atom. The largest absolute Gasteiger partial charge is 0.368 e. The van der Waals surface area contributed by atoms with E-state index in [9.17, 15) is 4.79 Å². The van der Waals surface area contributed by atoms with Crippen molar-refractivity contribution in [1.82, 2.24) is 20.3 Å². The average molecular weight is 313 g/mol. The number of carbonyl (C=O) groups excluding carboxylic acids is 1. The van der Waals surface area contributed by atoms with Crippen LogP contribution in [0.3, 0.4) is 0 Å². The maximum atomic E-state index is 11.9. The first-order chi connectivity index (χ1) is 10.7. The SMILES string of the molecule is Cc1cc2c(NCCNC(=O)c3cccnc3)ncnc2s1. The first kappa shape index (κ1) is 14.4. The van der Waals surface area contributed by atoms with Gasteiger partial charge in [0.1, 0.15) is 17.0 Å². The zero-order valence-electron chi connectivity index (χ0n) is 12.0. The molecule has 2 N–H and O–H groups in total. The van der Waals surface area contributed by atoms with E-state index in [4.69, 9.17) is 0 Å². The maximum Gasteiger partial charge on any atom is 0.252 e. The van der Waals surface area contributed by atoms with Crippen LogP contribution in [0.1, 0.15) is 15.2 Å². The van der Waals surface area contributed by atoms with Crippen molar-refractivity contribution in [2.24, 2.45) is 0 Å². The number of nitrogens with one attached hydrogen (secondary N) is 2. The molecule has 0 aromatic carbocycles. The second-order valence-electron chi connectivity index (χ2n) is 4.72. The molecule has 7 heteroatoms. The van der Waals surface area contributed by atoms with Crippen LogP contribution in [0.2, 0.25) is 0 Å². The van der Waals surface area contributed by atoms with Crippen molar-refractivity contribution in [3.8, 4) is 0 Å². The first-order valence-corrected chi connectivity index (χ1v) is 7.69. The minimum Gasteiger partial charge on any atom is -0.368 e. The number of aromatic nitrogens is 3. The normalized spacial score (nSPS) is 10.6. The Hall–Kier alpha value is -2.54. The molecule has 0 aliphatic rings. The third-order valence-electron chi connectivity index (χ3n) is 3.08. The number of anilines is 1. The Balaban J connectivity index is 1.55. The molecule has 0 aliphatic carbocycles. The fourth-order valence-corrected chi connectivity index (χ4v) is 2.92. The van der Waals surface area contributed by atoms with Crippen molar-refractivity contribution in [1.29, 1.82) is 0 Å². The van der Waals surface area contributed by atoms with E-state index < -0.39 is 0 Å². The summed E-state index contributed by atoms with van der Waals surface area (Å²) in [6.45, 7) is 3.14. The molecule has 3 rings (SSSR count). The topological polar surface area (TPSA) is 79.8 Å². The van der Waals surface area contributed by atoms with E-state index >= 15 is 0 Å². The number of nitrogens with zero attached hydrogens (tertiary/aromatic N) is 3. The van der Waals surface area contributed by atoms with Gasteiger partial charge in [0.2, 0.25) is 0 Å². The van der Waals surface area contributed by atoms with Crippen LogP contribution in [0.25, 0.3) is 10.2 Å². The molecule has 112 valence electrons. The van der Waals surface area contributed by atoms with Gasteiger partial charge in [-0.15, -0.1) is 11.3 Å². The summed E-state index contributed by atoms with van der Waals surface area (Å²) < 4.78 is 0. The first-order valence-electron chi connectivity index (χ1n) is 6.87. The van der Waals surface area contributed by atoms with Gasteiger partial charge in [0.05, 0.1) is 10.9 Å². The van der Waals surface area contributed by atoms with E-state index in [1.54, 1.807) is 42.2 Å². The van der Waals surface area contributed by atoms with Gasteiger partial charge >= 0.3 is 0 Å². The van der Waals surface area contributed by atoms with Crippen LogP contribution in [0.4, 0.5) is 5.82 Å². The van der Waals surface area contributed by atoms with Gasteiger partial charge in [-0.3, -0.25) is 9.78 Å². The van der Waals surface area contributed by atoms with Crippen LogP contribution in [-0.4, -0.2) is 33.9 Å². The lowest BCUT2D eigenvalue weighted by atomic mass is 10.3. The Labute approximate surface area is 131 Å². The van der Waals surface area contributed by atoms with Gasteiger partial charge < -0.3 is 10.6 Å². The number of hydrogen-bond acceptors (Lipinski definition) is 6. The van der Waals surface area contributed by atoms with E-state index in [0.717, 1.165) is 16.0 Å². The Morgan fingerprint density at radius 3 is 3.05 bits per heavy atom. The molecule has 0 saturated carbocycles. The average Bonchev–Trinajstić information content (AvgIpc) is 2.93. The monoisotopic (exact) mass is 313 g/mol. The van der Waals surface area contributed by atoms with Gasteiger partial charge in [0.25, 0.3) is 5.91 Å². The third kappa shape index (κ3) is 3.20. The standard InChI is InChI=1S/C15H15N5OS/c1-10-7-12-13(19-9-20-15(12)22-10)17-5-6-18-14(21)11-3-2-4-16-8-11/h2-4,7-9H,5-6H2,1H3,(H,18,21)(H,17,19,20). The smallest absolute Gasteiger partial charge is 0.252 e. The molecule has 0 bridgehead atoms. The lowest BCUT2D eigenvalue weighted by Crippen LogP contribution is -2.28. The second-order valence-corrected chi connectivity index (χ2v) is 5.96. The summed E-state index contributed by atoms with van der Waals surface area (Å²) in [5.74, 6) is 0.666. The van der Waals surface area contributed by atoms with Crippen LogP contribution >= 0.6 is 11.3 Å². The molecule has 6 nitrogen and oxygen atoms in total. The fourth-order valence-electron chi connectivity index (χ4n) is 2.07. The van der Waals surface area contributed by atoms with Gasteiger partial charge in [-0.2, -0.15) is 0 Å². The third-order valence-corrected chi connectivity index (χ3v) is 4.04. The molecule has 0 aliphatic heterocycles. The van der Waals surface area contributed by atoms with Crippen molar-refractivity contribution in [3.05, 3.63) is 47.4 Å². The summed E-state index contributed by atoms with van der Waals surface area (Å²) in [6, 6.07) is 5.54. The molecule has 0 radical (unpaired) electrons. The van der Waals surface area contributed by atoms with Crippen LogP contribution in [-0.2, 0) is 0 Å². The summed E-state index contributed by atoms with van der Waals surface area (Å²) in [7, 11) is 0. The number of rotatable bonds is 5. The van der Waals surface area contributed by atoms with Gasteiger partial charge in [-0.05, 0) is 25.1 Å². The highest BCUT2D eigenvalue weighted by atomic mass is 32.1. The summed E-state index contributed by atoms with van der Waals surface area (Å²) in [4.78, 5) is 26.5. The van der Waals surface area contributed by atoms with E-state index in [-0.39, 0.29) is 5.91 Å².